The summed E-state index contributed by atoms with van der Waals surface area (Å²) in [5.41, 5.74) is 0. The van der Waals surface area contributed by atoms with Crippen molar-refractivity contribution in [3.8, 4) is 0 Å². The van der Waals surface area contributed by atoms with Crippen molar-refractivity contribution in [2.45, 2.75) is 63.8 Å². The van der Waals surface area contributed by atoms with Gasteiger partial charge in [-0.1, -0.05) is 13.8 Å². The van der Waals surface area contributed by atoms with Crippen molar-refractivity contribution in [2.75, 3.05) is 33.4 Å². The lowest BCUT2D eigenvalue weighted by atomic mass is 10.0. The fourth-order valence-electron chi connectivity index (χ4n) is 2.99. The van der Waals surface area contributed by atoms with Crippen LogP contribution in [-0.2, 0) is 0 Å². The number of guanidine groups is 1. The van der Waals surface area contributed by atoms with Gasteiger partial charge in [0.05, 0.1) is 6.54 Å². The van der Waals surface area contributed by atoms with Gasteiger partial charge in [0.1, 0.15) is 0 Å². The van der Waals surface area contributed by atoms with Crippen LogP contribution in [0.4, 0.5) is 0 Å². The maximum Gasteiger partial charge on any atom is 0.191 e. The van der Waals surface area contributed by atoms with E-state index in [-0.39, 0.29) is 0 Å². The van der Waals surface area contributed by atoms with E-state index in [0.29, 0.717) is 18.0 Å². The molecule has 3 unspecified atom stereocenters. The van der Waals surface area contributed by atoms with E-state index in [1.165, 1.54) is 25.7 Å². The fourth-order valence-corrected chi connectivity index (χ4v) is 3.78. The molecule has 22 heavy (non-hydrogen) atoms. The first-order chi connectivity index (χ1) is 10.5. The largest absolute Gasteiger partial charge is 0.357 e. The molecule has 0 amide bonds. The van der Waals surface area contributed by atoms with E-state index in [2.05, 4.69) is 56.7 Å². The molecule has 1 aliphatic carbocycles. The molecule has 0 aromatic carbocycles. The number of aliphatic imine (C=N–C) groups is 1. The molecular formula is C17H36N4S. The Morgan fingerprint density at radius 2 is 2.05 bits per heavy atom. The highest BCUT2D eigenvalue weighted by molar-refractivity contribution is 7.99. The molecule has 1 aliphatic rings. The fraction of sp³-hybridized carbons (Fsp3) is 0.941. The molecule has 2 N–H and O–H groups in total. The molecule has 1 rings (SSSR count). The number of nitrogens with one attached hydrogen (secondary N) is 2. The van der Waals surface area contributed by atoms with Crippen molar-refractivity contribution in [1.29, 1.82) is 0 Å². The van der Waals surface area contributed by atoms with E-state index in [4.69, 9.17) is 4.99 Å². The molecule has 0 radical (unpaired) electrons. The Balaban J connectivity index is 2.56. The molecule has 0 bridgehead atoms. The summed E-state index contributed by atoms with van der Waals surface area (Å²) in [5.74, 6) is 1.69. The lowest BCUT2D eigenvalue weighted by molar-refractivity contribution is 0.261. The van der Waals surface area contributed by atoms with Crippen LogP contribution in [0.2, 0.25) is 0 Å². The number of nitrogens with zero attached hydrogens (tertiary/aromatic N) is 2. The Morgan fingerprint density at radius 3 is 2.55 bits per heavy atom. The highest BCUT2D eigenvalue weighted by Crippen LogP contribution is 2.28. The zero-order valence-corrected chi connectivity index (χ0v) is 16.2. The summed E-state index contributed by atoms with van der Waals surface area (Å²) in [6, 6.07) is 1.09. The van der Waals surface area contributed by atoms with E-state index in [1.54, 1.807) is 0 Å². The summed E-state index contributed by atoms with van der Waals surface area (Å²) in [4.78, 5) is 7.15. The second-order valence-corrected chi connectivity index (χ2v) is 8.12. The molecule has 0 aromatic heterocycles. The number of thioether (sulfide) groups is 1. The van der Waals surface area contributed by atoms with Crippen LogP contribution >= 0.6 is 11.8 Å². The Kier molecular flexibility index (Phi) is 9.25. The normalized spacial score (nSPS) is 24.1. The third-order valence-electron chi connectivity index (χ3n) is 4.34. The van der Waals surface area contributed by atoms with Gasteiger partial charge in [-0.2, -0.15) is 11.8 Å². The van der Waals surface area contributed by atoms with Crippen LogP contribution in [0.1, 0.15) is 46.5 Å². The van der Waals surface area contributed by atoms with Crippen molar-refractivity contribution in [1.82, 2.24) is 15.5 Å². The van der Waals surface area contributed by atoms with Gasteiger partial charge in [-0.05, 0) is 58.9 Å². The standard InChI is InChI=1S/C17H36N4S/c1-7-18-17(20-14-8-9-16(11-14)22-6)19-12-15(21(4)5)10-13(2)3/h13-16H,7-12H2,1-6H3,(H2,18,19,20). The average Bonchev–Trinajstić information content (AvgIpc) is 2.90. The number of rotatable bonds is 8. The zero-order valence-electron chi connectivity index (χ0n) is 15.4. The van der Waals surface area contributed by atoms with E-state index < -0.39 is 0 Å². The van der Waals surface area contributed by atoms with Gasteiger partial charge >= 0.3 is 0 Å². The molecule has 0 aromatic rings. The quantitative estimate of drug-likeness (QED) is 0.531. The highest BCUT2D eigenvalue weighted by atomic mass is 32.2. The van der Waals surface area contributed by atoms with Gasteiger partial charge in [0.25, 0.3) is 0 Å². The monoisotopic (exact) mass is 328 g/mol. The minimum Gasteiger partial charge on any atom is -0.357 e. The van der Waals surface area contributed by atoms with Crippen molar-refractivity contribution < 1.29 is 0 Å². The van der Waals surface area contributed by atoms with Crippen LogP contribution in [0.25, 0.3) is 0 Å². The number of hydrogen-bond acceptors (Lipinski definition) is 3. The summed E-state index contributed by atoms with van der Waals surface area (Å²) < 4.78 is 0. The van der Waals surface area contributed by atoms with E-state index in [1.807, 2.05) is 11.8 Å². The third kappa shape index (κ3) is 7.23. The Labute approximate surface area is 141 Å². The minimum absolute atomic E-state index is 0.512. The van der Waals surface area contributed by atoms with Crippen LogP contribution < -0.4 is 10.6 Å². The van der Waals surface area contributed by atoms with Gasteiger partial charge in [0, 0.05) is 23.9 Å². The third-order valence-corrected chi connectivity index (χ3v) is 5.43. The topological polar surface area (TPSA) is 39.7 Å². The first-order valence-electron chi connectivity index (χ1n) is 8.70. The average molecular weight is 329 g/mol. The van der Waals surface area contributed by atoms with Crippen LogP contribution in [0.15, 0.2) is 4.99 Å². The SMILES string of the molecule is CCNC(=NCC(CC(C)C)N(C)C)NC1CCC(SC)C1. The summed E-state index contributed by atoms with van der Waals surface area (Å²) in [6.45, 7) is 8.48. The molecule has 3 atom stereocenters. The van der Waals surface area contributed by atoms with E-state index in [0.717, 1.165) is 24.3 Å². The summed E-state index contributed by atoms with van der Waals surface area (Å²) in [5, 5.41) is 7.85. The van der Waals surface area contributed by atoms with Gasteiger partial charge in [-0.25, -0.2) is 0 Å². The highest BCUT2D eigenvalue weighted by Gasteiger charge is 2.24. The Bertz CT molecular complexity index is 331. The molecule has 0 aliphatic heterocycles. The molecule has 5 heteroatoms. The second kappa shape index (κ2) is 10.4. The minimum atomic E-state index is 0.512. The van der Waals surface area contributed by atoms with E-state index >= 15 is 0 Å². The van der Waals surface area contributed by atoms with Crippen molar-refractivity contribution in [2.24, 2.45) is 10.9 Å². The Morgan fingerprint density at radius 1 is 1.32 bits per heavy atom. The summed E-state index contributed by atoms with van der Waals surface area (Å²) in [6.07, 6.45) is 7.26. The van der Waals surface area contributed by atoms with Crippen LogP contribution in [0, 0.1) is 5.92 Å². The first-order valence-corrected chi connectivity index (χ1v) is 9.99. The van der Waals surface area contributed by atoms with Gasteiger partial charge < -0.3 is 15.5 Å². The van der Waals surface area contributed by atoms with E-state index in [9.17, 15) is 0 Å². The predicted octanol–water partition coefficient (Wildman–Crippen LogP) is 2.80. The van der Waals surface area contributed by atoms with Crippen LogP contribution in [-0.4, -0.2) is 61.6 Å². The zero-order chi connectivity index (χ0) is 16.5. The smallest absolute Gasteiger partial charge is 0.191 e. The van der Waals surface area contributed by atoms with Crippen LogP contribution in [0.5, 0.6) is 0 Å². The van der Waals surface area contributed by atoms with Crippen molar-refractivity contribution in [3.05, 3.63) is 0 Å². The summed E-state index contributed by atoms with van der Waals surface area (Å²) in [7, 11) is 4.31. The molecule has 0 saturated heterocycles. The molecule has 1 saturated carbocycles. The lowest BCUT2D eigenvalue weighted by Gasteiger charge is -2.25. The molecule has 4 nitrogen and oxygen atoms in total. The maximum atomic E-state index is 4.85. The first kappa shape index (κ1) is 19.6. The Hall–Kier alpha value is -0.420. The van der Waals surface area contributed by atoms with Crippen molar-refractivity contribution in [3.63, 3.8) is 0 Å². The van der Waals surface area contributed by atoms with Crippen LogP contribution in [0.3, 0.4) is 0 Å². The number of hydrogen-bond donors (Lipinski definition) is 2. The van der Waals surface area contributed by atoms with Crippen molar-refractivity contribution >= 4 is 17.7 Å². The lowest BCUT2D eigenvalue weighted by Crippen LogP contribution is -2.43. The maximum absolute atomic E-state index is 4.85. The number of likely N-dealkylation sites (N-methyl/N-ethyl adjacent to an activating group) is 1. The summed E-state index contributed by atoms with van der Waals surface area (Å²) >= 11 is 2.00. The molecule has 130 valence electrons. The van der Waals surface area contributed by atoms with Gasteiger partial charge in [0.15, 0.2) is 5.96 Å². The predicted molar refractivity (Wildman–Crippen MR) is 101 cm³/mol. The molecular weight excluding hydrogens is 292 g/mol. The molecule has 0 spiro atoms. The van der Waals surface area contributed by atoms with Gasteiger partial charge in [-0.15, -0.1) is 0 Å². The van der Waals surface area contributed by atoms with Gasteiger partial charge in [-0.3, -0.25) is 4.99 Å². The molecule has 1 fully saturated rings. The van der Waals surface area contributed by atoms with Gasteiger partial charge in [0.2, 0.25) is 0 Å². The molecule has 0 heterocycles. The second-order valence-electron chi connectivity index (χ2n) is 6.98.